The van der Waals surface area contributed by atoms with Gasteiger partial charge in [-0.2, -0.15) is 0 Å². The summed E-state index contributed by atoms with van der Waals surface area (Å²) >= 11 is 0. The number of benzene rings is 2. The van der Waals surface area contributed by atoms with Gasteiger partial charge in [0.1, 0.15) is 11.6 Å². The molecule has 6 heteroatoms. The SMILES string of the molecule is CC1CCN(C(=O)c2ccc(OC[C@@H]3CCCN(C(=O)c4ccc(F)cc4)C3)cc2)CC1. The monoisotopic (exact) mass is 438 g/mol. The third-order valence-corrected chi connectivity index (χ3v) is 6.56. The number of amides is 2. The van der Waals surface area contributed by atoms with E-state index in [0.717, 1.165) is 44.5 Å². The second-order valence-electron chi connectivity index (χ2n) is 9.08. The van der Waals surface area contributed by atoms with E-state index in [0.29, 0.717) is 36.7 Å². The third kappa shape index (κ3) is 5.47. The lowest BCUT2D eigenvalue weighted by Gasteiger charge is -2.32. The third-order valence-electron chi connectivity index (χ3n) is 6.56. The molecular weight excluding hydrogens is 407 g/mol. The smallest absolute Gasteiger partial charge is 0.253 e. The Hall–Kier alpha value is -2.89. The van der Waals surface area contributed by atoms with Crippen molar-refractivity contribution in [1.29, 1.82) is 0 Å². The van der Waals surface area contributed by atoms with Crippen LogP contribution >= 0.6 is 0 Å². The quantitative estimate of drug-likeness (QED) is 0.684. The Labute approximate surface area is 189 Å². The molecule has 2 aromatic rings. The van der Waals surface area contributed by atoms with Gasteiger partial charge in [-0.05, 0) is 80.1 Å². The largest absolute Gasteiger partial charge is 0.493 e. The lowest BCUT2D eigenvalue weighted by atomic mass is 9.98. The molecule has 0 bridgehead atoms. The van der Waals surface area contributed by atoms with Gasteiger partial charge in [-0.1, -0.05) is 6.92 Å². The van der Waals surface area contributed by atoms with Gasteiger partial charge in [0.25, 0.3) is 11.8 Å². The number of hydrogen-bond donors (Lipinski definition) is 0. The van der Waals surface area contributed by atoms with Crippen molar-refractivity contribution in [3.05, 3.63) is 65.5 Å². The maximum absolute atomic E-state index is 13.1. The van der Waals surface area contributed by atoms with Crippen molar-refractivity contribution in [3.63, 3.8) is 0 Å². The zero-order chi connectivity index (χ0) is 22.5. The van der Waals surface area contributed by atoms with Crippen LogP contribution < -0.4 is 4.74 Å². The van der Waals surface area contributed by atoms with Crippen molar-refractivity contribution in [2.75, 3.05) is 32.8 Å². The fourth-order valence-electron chi connectivity index (χ4n) is 4.46. The molecule has 4 rings (SSSR count). The first-order valence-corrected chi connectivity index (χ1v) is 11.6. The van der Waals surface area contributed by atoms with E-state index in [-0.39, 0.29) is 23.5 Å². The highest BCUT2D eigenvalue weighted by Gasteiger charge is 2.25. The minimum Gasteiger partial charge on any atom is -0.493 e. The maximum Gasteiger partial charge on any atom is 0.253 e. The summed E-state index contributed by atoms with van der Waals surface area (Å²) in [5.41, 5.74) is 1.21. The van der Waals surface area contributed by atoms with Crippen LogP contribution in [-0.2, 0) is 0 Å². The van der Waals surface area contributed by atoms with E-state index in [1.165, 1.54) is 24.3 Å². The van der Waals surface area contributed by atoms with E-state index >= 15 is 0 Å². The predicted octanol–water partition coefficient (Wildman–Crippen LogP) is 4.63. The van der Waals surface area contributed by atoms with E-state index in [2.05, 4.69) is 6.92 Å². The highest BCUT2D eigenvalue weighted by molar-refractivity contribution is 5.94. The Morgan fingerprint density at radius 1 is 0.875 bits per heavy atom. The first-order valence-electron chi connectivity index (χ1n) is 11.6. The predicted molar refractivity (Wildman–Crippen MR) is 121 cm³/mol. The standard InChI is InChI=1S/C26H31FN2O3/c1-19-12-15-28(16-13-19)25(30)22-6-10-24(11-7-22)32-18-20-3-2-14-29(17-20)26(31)21-4-8-23(27)9-5-21/h4-11,19-20H,2-3,12-18H2,1H3/t20-/m1/s1. The van der Waals surface area contributed by atoms with E-state index in [1.807, 2.05) is 34.1 Å². The van der Waals surface area contributed by atoms with Crippen LogP contribution in [0.5, 0.6) is 5.75 Å². The normalized spacial score (nSPS) is 19.6. The number of likely N-dealkylation sites (tertiary alicyclic amines) is 2. The highest BCUT2D eigenvalue weighted by Crippen LogP contribution is 2.22. The van der Waals surface area contributed by atoms with Crippen LogP contribution in [0, 0.1) is 17.7 Å². The average Bonchev–Trinajstić information content (AvgIpc) is 2.83. The fraction of sp³-hybridized carbons (Fsp3) is 0.462. The van der Waals surface area contributed by atoms with Crippen LogP contribution in [-0.4, -0.2) is 54.4 Å². The Morgan fingerprint density at radius 3 is 2.12 bits per heavy atom. The Bertz CT molecular complexity index is 921. The molecule has 32 heavy (non-hydrogen) atoms. The van der Waals surface area contributed by atoms with E-state index in [1.54, 1.807) is 0 Å². The van der Waals surface area contributed by atoms with Gasteiger partial charge >= 0.3 is 0 Å². The van der Waals surface area contributed by atoms with Gasteiger partial charge in [-0.15, -0.1) is 0 Å². The molecule has 5 nitrogen and oxygen atoms in total. The minimum atomic E-state index is -0.343. The van der Waals surface area contributed by atoms with Crippen LogP contribution in [0.25, 0.3) is 0 Å². The van der Waals surface area contributed by atoms with Crippen LogP contribution in [0.1, 0.15) is 53.3 Å². The summed E-state index contributed by atoms with van der Waals surface area (Å²) in [5.74, 6) is 1.34. The molecule has 2 aromatic carbocycles. The van der Waals surface area contributed by atoms with E-state index < -0.39 is 0 Å². The summed E-state index contributed by atoms with van der Waals surface area (Å²) in [4.78, 5) is 29.2. The molecule has 1 atom stereocenters. The molecule has 0 saturated carbocycles. The zero-order valence-corrected chi connectivity index (χ0v) is 18.6. The number of hydrogen-bond acceptors (Lipinski definition) is 3. The summed E-state index contributed by atoms with van der Waals surface area (Å²) in [6, 6.07) is 13.1. The molecule has 0 aliphatic carbocycles. The van der Waals surface area contributed by atoms with Crippen molar-refractivity contribution in [3.8, 4) is 5.75 Å². The van der Waals surface area contributed by atoms with Crippen LogP contribution in [0.15, 0.2) is 48.5 Å². The first kappa shape index (κ1) is 22.3. The number of halogens is 1. The van der Waals surface area contributed by atoms with E-state index in [4.69, 9.17) is 4.74 Å². The Morgan fingerprint density at radius 2 is 1.47 bits per heavy atom. The minimum absolute atomic E-state index is 0.0651. The van der Waals surface area contributed by atoms with Crippen LogP contribution in [0.4, 0.5) is 4.39 Å². The van der Waals surface area contributed by atoms with Crippen molar-refractivity contribution in [2.45, 2.75) is 32.6 Å². The summed E-state index contributed by atoms with van der Waals surface area (Å²) < 4.78 is 19.1. The van der Waals surface area contributed by atoms with Gasteiger partial charge in [0.2, 0.25) is 0 Å². The van der Waals surface area contributed by atoms with Gasteiger partial charge < -0.3 is 14.5 Å². The summed E-state index contributed by atoms with van der Waals surface area (Å²) in [7, 11) is 0. The van der Waals surface area contributed by atoms with Gasteiger partial charge in [0.05, 0.1) is 6.61 Å². The second kappa shape index (κ2) is 10.2. The molecule has 0 spiro atoms. The van der Waals surface area contributed by atoms with Gasteiger partial charge in [-0.25, -0.2) is 4.39 Å². The van der Waals surface area contributed by atoms with Crippen LogP contribution in [0.3, 0.4) is 0 Å². The van der Waals surface area contributed by atoms with Gasteiger partial charge in [0.15, 0.2) is 0 Å². The van der Waals surface area contributed by atoms with Crippen molar-refractivity contribution >= 4 is 11.8 Å². The average molecular weight is 439 g/mol. The van der Waals surface area contributed by atoms with Crippen molar-refractivity contribution < 1.29 is 18.7 Å². The summed E-state index contributed by atoms with van der Waals surface area (Å²) in [5, 5.41) is 0. The maximum atomic E-state index is 13.1. The van der Waals surface area contributed by atoms with Gasteiger partial charge in [-0.3, -0.25) is 9.59 Å². The molecule has 170 valence electrons. The number of carbonyl (C=O) groups is 2. The molecule has 0 aromatic heterocycles. The van der Waals surface area contributed by atoms with Crippen LogP contribution in [0.2, 0.25) is 0 Å². The molecule has 0 unspecified atom stereocenters. The first-order chi connectivity index (χ1) is 15.5. The van der Waals surface area contributed by atoms with E-state index in [9.17, 15) is 14.0 Å². The lowest BCUT2D eigenvalue weighted by molar-refractivity contribution is 0.0633. The number of carbonyl (C=O) groups excluding carboxylic acids is 2. The molecule has 2 heterocycles. The summed E-state index contributed by atoms with van der Waals surface area (Å²) in [6.07, 6.45) is 4.05. The number of piperidine rings is 2. The molecule has 2 fully saturated rings. The number of rotatable bonds is 5. The molecular formula is C26H31FN2O3. The number of nitrogens with zero attached hydrogens (tertiary/aromatic N) is 2. The zero-order valence-electron chi connectivity index (χ0n) is 18.6. The molecule has 0 radical (unpaired) electrons. The lowest BCUT2D eigenvalue weighted by Crippen LogP contribution is -2.41. The molecule has 2 amide bonds. The Balaban J connectivity index is 1.28. The van der Waals surface area contributed by atoms with Crippen molar-refractivity contribution in [1.82, 2.24) is 9.80 Å². The summed E-state index contributed by atoms with van der Waals surface area (Å²) in [6.45, 7) is 5.74. The Kier molecular flexibility index (Phi) is 7.08. The highest BCUT2D eigenvalue weighted by atomic mass is 19.1. The molecule has 2 aliphatic heterocycles. The topological polar surface area (TPSA) is 49.9 Å². The molecule has 2 aliphatic rings. The fourth-order valence-corrected chi connectivity index (χ4v) is 4.46. The second-order valence-corrected chi connectivity index (χ2v) is 9.08. The molecule has 0 N–H and O–H groups in total. The van der Waals surface area contributed by atoms with Gasteiger partial charge in [0, 0.05) is 43.2 Å². The van der Waals surface area contributed by atoms with Crippen molar-refractivity contribution in [2.24, 2.45) is 11.8 Å². The molecule has 2 saturated heterocycles. The number of ether oxygens (including phenoxy) is 1.